The molecule has 0 unspecified atom stereocenters. The predicted octanol–water partition coefficient (Wildman–Crippen LogP) is 2.77. The van der Waals surface area contributed by atoms with Crippen LogP contribution in [0.4, 0.5) is 5.69 Å². The summed E-state index contributed by atoms with van der Waals surface area (Å²) >= 11 is 7.44. The van der Waals surface area contributed by atoms with Gasteiger partial charge in [-0.25, -0.2) is 13.1 Å². The summed E-state index contributed by atoms with van der Waals surface area (Å²) in [6.45, 7) is 2.00. The van der Waals surface area contributed by atoms with Gasteiger partial charge in [-0.3, -0.25) is 0 Å². The third-order valence-electron chi connectivity index (χ3n) is 2.68. The smallest absolute Gasteiger partial charge is 0.241 e. The molecule has 1 aromatic heterocycles. The lowest BCUT2D eigenvalue weighted by molar-refractivity contribution is 0.582. The van der Waals surface area contributed by atoms with Crippen LogP contribution in [-0.2, 0) is 16.6 Å². The van der Waals surface area contributed by atoms with E-state index in [1.807, 2.05) is 17.5 Å². The molecule has 0 bridgehead atoms. The molecule has 2 aromatic rings. The van der Waals surface area contributed by atoms with Gasteiger partial charge in [-0.05, 0) is 36.1 Å². The van der Waals surface area contributed by atoms with Crippen LogP contribution in [0.3, 0.4) is 0 Å². The SMILES string of the molecule is Cc1c(N)cc(S(=O)(=O)NCc2cccs2)cc1Cl. The van der Waals surface area contributed by atoms with Gasteiger partial charge in [0, 0.05) is 22.1 Å². The second kappa shape index (κ2) is 5.50. The van der Waals surface area contributed by atoms with E-state index in [4.69, 9.17) is 17.3 Å². The van der Waals surface area contributed by atoms with Gasteiger partial charge < -0.3 is 5.73 Å². The van der Waals surface area contributed by atoms with Crippen LogP contribution in [0, 0.1) is 6.92 Å². The van der Waals surface area contributed by atoms with E-state index in [1.54, 1.807) is 6.92 Å². The molecule has 0 aliphatic heterocycles. The molecule has 1 heterocycles. The zero-order valence-corrected chi connectivity index (χ0v) is 12.6. The number of thiophene rings is 1. The maximum Gasteiger partial charge on any atom is 0.241 e. The molecule has 0 radical (unpaired) electrons. The molecule has 0 saturated carbocycles. The number of benzene rings is 1. The molecule has 4 nitrogen and oxygen atoms in total. The van der Waals surface area contributed by atoms with Crippen molar-refractivity contribution in [3.63, 3.8) is 0 Å². The van der Waals surface area contributed by atoms with Crippen molar-refractivity contribution < 1.29 is 8.42 Å². The van der Waals surface area contributed by atoms with Crippen molar-refractivity contribution in [2.24, 2.45) is 0 Å². The van der Waals surface area contributed by atoms with Crippen LogP contribution in [0.25, 0.3) is 0 Å². The highest BCUT2D eigenvalue weighted by Crippen LogP contribution is 2.26. The molecule has 0 aliphatic rings. The van der Waals surface area contributed by atoms with Gasteiger partial charge in [0.1, 0.15) is 0 Å². The minimum Gasteiger partial charge on any atom is -0.398 e. The third kappa shape index (κ3) is 3.27. The van der Waals surface area contributed by atoms with E-state index in [-0.39, 0.29) is 11.4 Å². The van der Waals surface area contributed by atoms with E-state index < -0.39 is 10.0 Å². The average Bonchev–Trinajstić information content (AvgIpc) is 2.86. The molecule has 0 saturated heterocycles. The molecular weight excluding hydrogens is 304 g/mol. The topological polar surface area (TPSA) is 72.2 Å². The van der Waals surface area contributed by atoms with Crippen molar-refractivity contribution in [1.29, 1.82) is 0 Å². The number of hydrogen-bond acceptors (Lipinski definition) is 4. The van der Waals surface area contributed by atoms with Crippen LogP contribution in [0.5, 0.6) is 0 Å². The minimum atomic E-state index is -3.61. The number of nitrogen functional groups attached to an aromatic ring is 1. The number of hydrogen-bond donors (Lipinski definition) is 2. The van der Waals surface area contributed by atoms with E-state index in [0.717, 1.165) is 4.88 Å². The van der Waals surface area contributed by atoms with Crippen molar-refractivity contribution in [3.8, 4) is 0 Å². The fourth-order valence-electron chi connectivity index (χ4n) is 1.49. The molecule has 102 valence electrons. The monoisotopic (exact) mass is 316 g/mol. The standard InChI is InChI=1S/C12H13ClN2O2S2/c1-8-11(13)5-10(6-12(8)14)19(16,17)15-7-9-3-2-4-18-9/h2-6,15H,7,14H2,1H3. The molecule has 0 spiro atoms. The lowest BCUT2D eigenvalue weighted by Gasteiger charge is -2.09. The Bertz CT molecular complexity index is 659. The highest BCUT2D eigenvalue weighted by molar-refractivity contribution is 7.89. The van der Waals surface area contributed by atoms with Gasteiger partial charge in [0.25, 0.3) is 0 Å². The average molecular weight is 317 g/mol. The summed E-state index contributed by atoms with van der Waals surface area (Å²) in [4.78, 5) is 1.02. The number of anilines is 1. The van der Waals surface area contributed by atoms with Crippen molar-refractivity contribution in [1.82, 2.24) is 4.72 Å². The molecule has 1 aromatic carbocycles. The summed E-state index contributed by atoms with van der Waals surface area (Å²) < 4.78 is 26.8. The normalized spacial score (nSPS) is 11.7. The van der Waals surface area contributed by atoms with Crippen LogP contribution in [-0.4, -0.2) is 8.42 Å². The first-order valence-electron chi connectivity index (χ1n) is 5.48. The summed E-state index contributed by atoms with van der Waals surface area (Å²) in [6, 6.07) is 6.56. The Balaban J connectivity index is 2.24. The summed E-state index contributed by atoms with van der Waals surface area (Å²) in [7, 11) is -3.61. The Kier molecular flexibility index (Phi) is 4.15. The number of rotatable bonds is 4. The van der Waals surface area contributed by atoms with Crippen molar-refractivity contribution in [2.75, 3.05) is 5.73 Å². The molecule has 2 rings (SSSR count). The largest absolute Gasteiger partial charge is 0.398 e. The lowest BCUT2D eigenvalue weighted by Crippen LogP contribution is -2.23. The molecule has 3 N–H and O–H groups in total. The highest BCUT2D eigenvalue weighted by atomic mass is 35.5. The Morgan fingerprint density at radius 2 is 2.16 bits per heavy atom. The molecular formula is C12H13ClN2O2S2. The van der Waals surface area contributed by atoms with E-state index in [9.17, 15) is 8.42 Å². The Labute approximate surface area is 121 Å². The highest BCUT2D eigenvalue weighted by Gasteiger charge is 2.16. The first-order chi connectivity index (χ1) is 8.90. The third-order valence-corrected chi connectivity index (χ3v) is 5.33. The fraction of sp³-hybridized carbons (Fsp3) is 0.167. The van der Waals surface area contributed by atoms with E-state index in [1.165, 1.54) is 23.5 Å². The maximum absolute atomic E-state index is 12.1. The predicted molar refractivity (Wildman–Crippen MR) is 78.9 cm³/mol. The van der Waals surface area contributed by atoms with E-state index >= 15 is 0 Å². The number of sulfonamides is 1. The van der Waals surface area contributed by atoms with Gasteiger partial charge in [-0.2, -0.15) is 0 Å². The minimum absolute atomic E-state index is 0.0807. The molecule has 7 heteroatoms. The van der Waals surface area contributed by atoms with E-state index in [2.05, 4.69) is 4.72 Å². The van der Waals surface area contributed by atoms with Gasteiger partial charge in [0.05, 0.1) is 4.90 Å². The van der Waals surface area contributed by atoms with Crippen molar-refractivity contribution in [3.05, 3.63) is 45.1 Å². The van der Waals surface area contributed by atoms with Gasteiger partial charge in [-0.1, -0.05) is 17.7 Å². The lowest BCUT2D eigenvalue weighted by atomic mass is 10.2. The molecule has 0 aliphatic carbocycles. The number of halogens is 1. The molecule has 19 heavy (non-hydrogen) atoms. The van der Waals surface area contributed by atoms with Crippen LogP contribution >= 0.6 is 22.9 Å². The number of nitrogens with two attached hydrogens (primary N) is 1. The zero-order chi connectivity index (χ0) is 14.0. The second-order valence-electron chi connectivity index (χ2n) is 4.02. The summed E-state index contributed by atoms with van der Waals surface area (Å²) in [5, 5.41) is 2.24. The zero-order valence-electron chi connectivity index (χ0n) is 10.2. The van der Waals surface area contributed by atoms with Gasteiger partial charge in [-0.15, -0.1) is 11.3 Å². The maximum atomic E-state index is 12.1. The summed E-state index contributed by atoms with van der Waals surface area (Å²) in [6.07, 6.45) is 0. The van der Waals surface area contributed by atoms with Gasteiger partial charge in [0.15, 0.2) is 0 Å². The van der Waals surface area contributed by atoms with Crippen molar-refractivity contribution >= 4 is 38.6 Å². The second-order valence-corrected chi connectivity index (χ2v) is 7.23. The molecule has 0 atom stereocenters. The number of nitrogens with one attached hydrogen (secondary N) is 1. The van der Waals surface area contributed by atoms with Gasteiger partial charge >= 0.3 is 0 Å². The molecule has 0 amide bonds. The Hall–Kier alpha value is -1.08. The molecule has 0 fully saturated rings. The summed E-state index contributed by atoms with van der Waals surface area (Å²) in [5.41, 5.74) is 6.78. The van der Waals surface area contributed by atoms with Crippen LogP contribution in [0.1, 0.15) is 10.4 Å². The fourth-order valence-corrected chi connectivity index (χ4v) is 3.59. The van der Waals surface area contributed by atoms with Gasteiger partial charge in [0.2, 0.25) is 10.0 Å². The summed E-state index contributed by atoms with van der Waals surface area (Å²) in [5.74, 6) is 0. The van der Waals surface area contributed by atoms with Crippen molar-refractivity contribution in [2.45, 2.75) is 18.4 Å². The van der Waals surface area contributed by atoms with Crippen LogP contribution < -0.4 is 10.5 Å². The Morgan fingerprint density at radius 1 is 1.42 bits per heavy atom. The quantitative estimate of drug-likeness (QED) is 0.852. The Morgan fingerprint density at radius 3 is 2.74 bits per heavy atom. The van der Waals surface area contributed by atoms with E-state index in [0.29, 0.717) is 16.3 Å². The first-order valence-corrected chi connectivity index (χ1v) is 8.22. The van der Waals surface area contributed by atoms with Crippen LogP contribution in [0.15, 0.2) is 34.5 Å². The van der Waals surface area contributed by atoms with Crippen LogP contribution in [0.2, 0.25) is 5.02 Å². The first kappa shape index (κ1) is 14.3.